The molecule has 1 aliphatic heterocycles. The van der Waals surface area contributed by atoms with E-state index in [0.29, 0.717) is 24.3 Å². The van der Waals surface area contributed by atoms with Gasteiger partial charge in [0, 0.05) is 10.6 Å². The predicted octanol–water partition coefficient (Wildman–Crippen LogP) is 2.21. The molecule has 2 rings (SSSR count). The van der Waals surface area contributed by atoms with E-state index < -0.39 is 9.84 Å². The molecular weight excluding hydrogens is 293 g/mol. The topological polar surface area (TPSA) is 60.2 Å². The minimum atomic E-state index is -2.85. The zero-order valence-corrected chi connectivity index (χ0v) is 12.3. The Morgan fingerprint density at radius 3 is 2.17 bits per heavy atom. The molecule has 1 saturated heterocycles. The third-order valence-corrected chi connectivity index (χ3v) is 5.20. The molecule has 1 fully saturated rings. The molecule has 18 heavy (non-hydrogen) atoms. The van der Waals surface area contributed by atoms with Crippen LogP contribution in [0, 0.1) is 0 Å². The highest BCUT2D eigenvalue weighted by molar-refractivity contribution is 7.91. The summed E-state index contributed by atoms with van der Waals surface area (Å²) < 4.78 is 22.7. The van der Waals surface area contributed by atoms with Gasteiger partial charge in [-0.15, -0.1) is 12.4 Å². The molecule has 0 aromatic heterocycles. The van der Waals surface area contributed by atoms with Crippen molar-refractivity contribution >= 4 is 33.8 Å². The SMILES string of the molecule is Cl.NC1(Cc2ccc(Cl)cc2)CCS(=O)(=O)CC1. The monoisotopic (exact) mass is 309 g/mol. The lowest BCUT2D eigenvalue weighted by molar-refractivity contribution is 0.379. The first-order valence-corrected chi connectivity index (χ1v) is 7.82. The maximum Gasteiger partial charge on any atom is 0.150 e. The molecule has 0 radical (unpaired) electrons. The Morgan fingerprint density at radius 1 is 1.17 bits per heavy atom. The van der Waals surface area contributed by atoms with Crippen LogP contribution in [0.25, 0.3) is 0 Å². The second kappa shape index (κ2) is 5.78. The van der Waals surface area contributed by atoms with E-state index in [0.717, 1.165) is 5.56 Å². The number of nitrogens with two attached hydrogens (primary N) is 1. The van der Waals surface area contributed by atoms with Gasteiger partial charge in [0.05, 0.1) is 11.5 Å². The number of benzene rings is 1. The average molecular weight is 310 g/mol. The van der Waals surface area contributed by atoms with E-state index >= 15 is 0 Å². The van der Waals surface area contributed by atoms with Crippen LogP contribution >= 0.6 is 24.0 Å². The van der Waals surface area contributed by atoms with Crippen LogP contribution in [0.3, 0.4) is 0 Å². The van der Waals surface area contributed by atoms with Crippen molar-refractivity contribution in [2.24, 2.45) is 5.73 Å². The predicted molar refractivity (Wildman–Crippen MR) is 77.2 cm³/mol. The average Bonchev–Trinajstić information content (AvgIpc) is 2.27. The molecular formula is C12H17Cl2NO2S. The fraction of sp³-hybridized carbons (Fsp3) is 0.500. The summed E-state index contributed by atoms with van der Waals surface area (Å²) in [7, 11) is -2.85. The van der Waals surface area contributed by atoms with Gasteiger partial charge in [0.2, 0.25) is 0 Å². The molecule has 102 valence electrons. The fourth-order valence-corrected chi connectivity index (χ4v) is 3.90. The van der Waals surface area contributed by atoms with Gasteiger partial charge in [-0.05, 0) is 37.0 Å². The molecule has 0 atom stereocenters. The molecule has 0 aliphatic carbocycles. The second-order valence-corrected chi connectivity index (χ2v) is 7.56. The molecule has 0 bridgehead atoms. The molecule has 1 aromatic rings. The fourth-order valence-electron chi connectivity index (χ4n) is 2.13. The lowest BCUT2D eigenvalue weighted by Gasteiger charge is -2.33. The lowest BCUT2D eigenvalue weighted by atomic mass is 9.86. The van der Waals surface area contributed by atoms with Gasteiger partial charge in [0.25, 0.3) is 0 Å². The van der Waals surface area contributed by atoms with Gasteiger partial charge in [-0.3, -0.25) is 0 Å². The highest BCUT2D eigenvalue weighted by Gasteiger charge is 2.33. The number of rotatable bonds is 2. The van der Waals surface area contributed by atoms with Crippen LogP contribution in [0.15, 0.2) is 24.3 Å². The smallest absolute Gasteiger partial charge is 0.150 e. The third-order valence-electron chi connectivity index (χ3n) is 3.29. The van der Waals surface area contributed by atoms with Crippen LogP contribution in [0.5, 0.6) is 0 Å². The summed E-state index contributed by atoms with van der Waals surface area (Å²) in [5.74, 6) is 0.411. The van der Waals surface area contributed by atoms with Crippen molar-refractivity contribution < 1.29 is 8.42 Å². The Bertz CT molecular complexity index is 485. The van der Waals surface area contributed by atoms with E-state index in [1.54, 1.807) is 0 Å². The Hall–Kier alpha value is -0.290. The first kappa shape index (κ1) is 15.8. The zero-order valence-electron chi connectivity index (χ0n) is 9.93. The van der Waals surface area contributed by atoms with Crippen molar-refractivity contribution in [1.82, 2.24) is 0 Å². The molecule has 0 unspecified atom stereocenters. The van der Waals surface area contributed by atoms with Crippen LogP contribution in [0.2, 0.25) is 5.02 Å². The Kier molecular flexibility index (Phi) is 5.06. The summed E-state index contributed by atoms with van der Waals surface area (Å²) in [6, 6.07) is 7.56. The van der Waals surface area contributed by atoms with Gasteiger partial charge in [-0.1, -0.05) is 23.7 Å². The summed E-state index contributed by atoms with van der Waals surface area (Å²) in [4.78, 5) is 0. The number of halogens is 2. The molecule has 1 aliphatic rings. The largest absolute Gasteiger partial charge is 0.325 e. The highest BCUT2D eigenvalue weighted by atomic mass is 35.5. The lowest BCUT2D eigenvalue weighted by Crippen LogP contribution is -2.48. The molecule has 1 heterocycles. The van der Waals surface area contributed by atoms with E-state index in [4.69, 9.17) is 17.3 Å². The standard InChI is InChI=1S/C12H16ClNO2S.ClH/c13-11-3-1-10(2-4-11)9-12(14)5-7-17(15,16)8-6-12;/h1-4H,5-9,14H2;1H. The summed E-state index contributed by atoms with van der Waals surface area (Å²) in [6.07, 6.45) is 1.79. The van der Waals surface area contributed by atoms with Crippen molar-refractivity contribution in [1.29, 1.82) is 0 Å². The Balaban J connectivity index is 0.00000162. The van der Waals surface area contributed by atoms with E-state index in [-0.39, 0.29) is 29.5 Å². The number of hydrogen-bond donors (Lipinski definition) is 1. The molecule has 2 N–H and O–H groups in total. The zero-order chi connectivity index (χ0) is 12.5. The van der Waals surface area contributed by atoms with E-state index in [2.05, 4.69) is 0 Å². The molecule has 0 amide bonds. The van der Waals surface area contributed by atoms with Gasteiger partial charge in [-0.25, -0.2) is 8.42 Å². The maximum atomic E-state index is 11.4. The van der Waals surface area contributed by atoms with E-state index in [9.17, 15) is 8.42 Å². The molecule has 3 nitrogen and oxygen atoms in total. The van der Waals surface area contributed by atoms with Crippen LogP contribution < -0.4 is 5.73 Å². The number of hydrogen-bond acceptors (Lipinski definition) is 3. The summed E-state index contributed by atoms with van der Waals surface area (Å²) in [6.45, 7) is 0. The first-order valence-electron chi connectivity index (χ1n) is 5.62. The molecule has 0 spiro atoms. The normalized spacial score (nSPS) is 21.0. The molecule has 1 aromatic carbocycles. The van der Waals surface area contributed by atoms with Gasteiger partial charge in [0.15, 0.2) is 0 Å². The van der Waals surface area contributed by atoms with Crippen molar-refractivity contribution in [3.63, 3.8) is 0 Å². The third kappa shape index (κ3) is 4.12. The van der Waals surface area contributed by atoms with Gasteiger partial charge >= 0.3 is 0 Å². The molecule has 0 saturated carbocycles. The summed E-state index contributed by atoms with van der Waals surface area (Å²) >= 11 is 5.82. The first-order chi connectivity index (χ1) is 7.89. The van der Waals surface area contributed by atoms with Crippen LogP contribution in [0.1, 0.15) is 18.4 Å². The Morgan fingerprint density at radius 2 is 1.67 bits per heavy atom. The van der Waals surface area contributed by atoms with Crippen molar-refractivity contribution in [3.8, 4) is 0 Å². The second-order valence-electron chi connectivity index (χ2n) is 4.82. The molecule has 6 heteroatoms. The quantitative estimate of drug-likeness (QED) is 0.911. The van der Waals surface area contributed by atoms with Crippen molar-refractivity contribution in [2.45, 2.75) is 24.8 Å². The van der Waals surface area contributed by atoms with Crippen LogP contribution in [0.4, 0.5) is 0 Å². The summed E-state index contributed by atoms with van der Waals surface area (Å²) in [5, 5.41) is 0.700. The minimum Gasteiger partial charge on any atom is -0.325 e. The minimum absolute atomic E-state index is 0. The Labute approximate surface area is 119 Å². The van der Waals surface area contributed by atoms with E-state index in [1.165, 1.54) is 0 Å². The van der Waals surface area contributed by atoms with Gasteiger partial charge < -0.3 is 5.73 Å². The summed E-state index contributed by atoms with van der Waals surface area (Å²) in [5.41, 5.74) is 6.97. The number of sulfone groups is 1. The van der Waals surface area contributed by atoms with Crippen LogP contribution in [-0.2, 0) is 16.3 Å². The van der Waals surface area contributed by atoms with Gasteiger partial charge in [-0.2, -0.15) is 0 Å². The van der Waals surface area contributed by atoms with E-state index in [1.807, 2.05) is 24.3 Å². The van der Waals surface area contributed by atoms with Crippen molar-refractivity contribution in [3.05, 3.63) is 34.9 Å². The maximum absolute atomic E-state index is 11.4. The highest BCUT2D eigenvalue weighted by Crippen LogP contribution is 2.25. The van der Waals surface area contributed by atoms with Gasteiger partial charge in [0.1, 0.15) is 9.84 Å². The van der Waals surface area contributed by atoms with Crippen LogP contribution in [-0.4, -0.2) is 25.5 Å². The van der Waals surface area contributed by atoms with Crippen molar-refractivity contribution in [2.75, 3.05) is 11.5 Å².